The molecule has 1 N–H and O–H groups in total. The number of urea groups is 1. The minimum absolute atomic E-state index is 0.000594. The summed E-state index contributed by atoms with van der Waals surface area (Å²) in [6.45, 7) is -1.34. The lowest BCUT2D eigenvalue weighted by Gasteiger charge is -2.61. The number of nitrogens with zero attached hydrogens (tertiary/aromatic N) is 6. The SMILES string of the molecule is C[C@H]1C[C@H]2C[C@@](c3nnc(COC(F)F)o3)(C1)N2C(=O)Nc1ccc(Cl)c(-c2ncn(C)n2)c1. The molecule has 2 aromatic heterocycles. The Morgan fingerprint density at radius 1 is 1.38 bits per heavy atom. The molecule has 3 fully saturated rings. The molecule has 3 atom stereocenters. The highest BCUT2D eigenvalue weighted by atomic mass is 35.5. The number of halogens is 3. The lowest BCUT2D eigenvalue weighted by atomic mass is 9.64. The highest BCUT2D eigenvalue weighted by molar-refractivity contribution is 6.33. The molecule has 1 saturated carbocycles. The van der Waals surface area contributed by atoms with Gasteiger partial charge in [-0.05, 0) is 37.0 Å². The van der Waals surface area contributed by atoms with Gasteiger partial charge in [0.25, 0.3) is 0 Å². The molecule has 4 heterocycles. The van der Waals surface area contributed by atoms with Crippen molar-refractivity contribution in [2.75, 3.05) is 5.32 Å². The van der Waals surface area contributed by atoms with Gasteiger partial charge >= 0.3 is 12.6 Å². The fraction of sp³-hybridized carbons (Fsp3) is 0.476. The second-order valence-corrected chi connectivity index (χ2v) is 9.15. The van der Waals surface area contributed by atoms with Crippen LogP contribution in [0.15, 0.2) is 28.9 Å². The number of benzene rings is 1. The topological polar surface area (TPSA) is 111 Å². The van der Waals surface area contributed by atoms with Crippen LogP contribution in [0, 0.1) is 5.92 Å². The van der Waals surface area contributed by atoms with Crippen molar-refractivity contribution in [1.82, 2.24) is 29.9 Å². The number of nitrogens with one attached hydrogen (secondary N) is 1. The summed E-state index contributed by atoms with van der Waals surface area (Å²) in [5.41, 5.74) is 0.328. The maximum absolute atomic E-state index is 13.4. The summed E-state index contributed by atoms with van der Waals surface area (Å²) in [6.07, 6.45) is 3.69. The first-order valence-electron chi connectivity index (χ1n) is 10.7. The van der Waals surface area contributed by atoms with Crippen molar-refractivity contribution >= 4 is 23.3 Å². The van der Waals surface area contributed by atoms with Gasteiger partial charge in [0.05, 0.1) is 5.02 Å². The van der Waals surface area contributed by atoms with Crippen molar-refractivity contribution in [1.29, 1.82) is 0 Å². The number of anilines is 1. The molecular weight excluding hydrogens is 472 g/mol. The van der Waals surface area contributed by atoms with E-state index < -0.39 is 18.8 Å². The highest BCUT2D eigenvalue weighted by Crippen LogP contribution is 2.55. The van der Waals surface area contributed by atoms with Crippen molar-refractivity contribution in [2.24, 2.45) is 13.0 Å². The molecule has 2 aliphatic heterocycles. The van der Waals surface area contributed by atoms with E-state index in [9.17, 15) is 13.6 Å². The van der Waals surface area contributed by atoms with Gasteiger partial charge in [-0.1, -0.05) is 18.5 Å². The van der Waals surface area contributed by atoms with Gasteiger partial charge in [0.1, 0.15) is 18.5 Å². The maximum Gasteiger partial charge on any atom is 0.345 e. The van der Waals surface area contributed by atoms with E-state index in [4.69, 9.17) is 16.0 Å². The van der Waals surface area contributed by atoms with E-state index in [1.807, 2.05) is 0 Å². The number of rotatable bonds is 6. The van der Waals surface area contributed by atoms with E-state index in [0.29, 0.717) is 40.9 Å². The number of carbonyl (C=O) groups excluding carboxylic acids is 1. The molecule has 13 heteroatoms. The minimum Gasteiger partial charge on any atom is -0.420 e. The second-order valence-electron chi connectivity index (χ2n) is 8.74. The molecule has 6 rings (SSSR count). The summed E-state index contributed by atoms with van der Waals surface area (Å²) in [7, 11) is 1.75. The number of carbonyl (C=O) groups is 1. The molecule has 34 heavy (non-hydrogen) atoms. The van der Waals surface area contributed by atoms with Crippen molar-refractivity contribution in [3.8, 4) is 11.4 Å². The third-order valence-corrected chi connectivity index (χ3v) is 6.56. The molecule has 0 radical (unpaired) electrons. The van der Waals surface area contributed by atoms with Gasteiger partial charge < -0.3 is 19.4 Å². The monoisotopic (exact) mass is 493 g/mol. The van der Waals surface area contributed by atoms with Crippen molar-refractivity contribution in [2.45, 2.75) is 51.0 Å². The van der Waals surface area contributed by atoms with E-state index in [2.05, 4.69) is 37.3 Å². The smallest absolute Gasteiger partial charge is 0.345 e. The molecule has 0 spiro atoms. The Morgan fingerprint density at radius 2 is 2.21 bits per heavy atom. The predicted molar refractivity (Wildman–Crippen MR) is 116 cm³/mol. The largest absolute Gasteiger partial charge is 0.420 e. The minimum atomic E-state index is -2.94. The van der Waals surface area contributed by atoms with Gasteiger partial charge in [-0.15, -0.1) is 10.2 Å². The fourth-order valence-electron chi connectivity index (χ4n) is 5.00. The zero-order valence-electron chi connectivity index (χ0n) is 18.4. The third-order valence-electron chi connectivity index (χ3n) is 6.23. The number of piperidine rings is 1. The molecule has 10 nitrogen and oxygen atoms in total. The summed E-state index contributed by atoms with van der Waals surface area (Å²) in [5, 5.41) is 15.6. The van der Waals surface area contributed by atoms with Crippen molar-refractivity contribution < 1.29 is 22.7 Å². The van der Waals surface area contributed by atoms with Crippen LogP contribution in [-0.4, -0.2) is 48.5 Å². The van der Waals surface area contributed by atoms with Crippen LogP contribution < -0.4 is 5.32 Å². The lowest BCUT2D eigenvalue weighted by Crippen LogP contribution is -2.70. The van der Waals surface area contributed by atoms with Crippen LogP contribution >= 0.6 is 11.6 Å². The molecule has 0 unspecified atom stereocenters. The molecule has 2 amide bonds. The summed E-state index contributed by atoms with van der Waals surface area (Å²) in [4.78, 5) is 19.3. The van der Waals surface area contributed by atoms with Gasteiger partial charge in [0.2, 0.25) is 11.8 Å². The first-order valence-corrected chi connectivity index (χ1v) is 11.1. The van der Waals surface area contributed by atoms with Crippen LogP contribution in [0.2, 0.25) is 5.02 Å². The number of aryl methyl sites for hydroxylation is 1. The van der Waals surface area contributed by atoms with E-state index in [1.165, 1.54) is 0 Å². The van der Waals surface area contributed by atoms with Gasteiger partial charge in [-0.25, -0.2) is 9.78 Å². The van der Waals surface area contributed by atoms with Crippen LogP contribution in [0.25, 0.3) is 11.4 Å². The average molecular weight is 494 g/mol. The van der Waals surface area contributed by atoms with Gasteiger partial charge in [-0.3, -0.25) is 4.68 Å². The summed E-state index contributed by atoms with van der Waals surface area (Å²) in [6, 6.07) is 4.76. The first-order chi connectivity index (χ1) is 16.2. The average Bonchev–Trinajstić information content (AvgIpc) is 3.42. The van der Waals surface area contributed by atoms with Gasteiger partial charge in [0, 0.05) is 30.8 Å². The van der Waals surface area contributed by atoms with Crippen molar-refractivity contribution in [3.05, 3.63) is 41.3 Å². The lowest BCUT2D eigenvalue weighted by molar-refractivity contribution is -0.143. The molecule has 3 aromatic rings. The molecule has 1 aromatic carbocycles. The predicted octanol–water partition coefficient (Wildman–Crippen LogP) is 4.19. The standard InChI is InChI=1S/C21H22ClF2N7O3/c1-11-5-13-8-21(7-11,18-28-27-16(34-18)9-33-19(23)24)31(13)20(32)26-12-3-4-15(22)14(6-12)17-25-10-30(2)29-17/h3-4,6,10-11,13,19H,5,7-9H2,1-2H3,(H,26,32)/t11-,13-,21+/m0/s1. The number of ether oxygens (including phenoxy) is 1. The Bertz CT molecular complexity index is 1220. The Morgan fingerprint density at radius 3 is 2.94 bits per heavy atom. The van der Waals surface area contributed by atoms with Gasteiger partial charge in [0.15, 0.2) is 5.82 Å². The zero-order valence-corrected chi connectivity index (χ0v) is 19.2. The molecular formula is C21H22ClF2N7O3. The second kappa shape index (κ2) is 8.58. The van der Waals surface area contributed by atoms with Crippen molar-refractivity contribution in [3.63, 3.8) is 0 Å². The van der Waals surface area contributed by atoms with E-state index in [1.54, 1.807) is 41.2 Å². The maximum atomic E-state index is 13.4. The Labute approximate surface area is 198 Å². The summed E-state index contributed by atoms with van der Waals surface area (Å²) >= 11 is 6.32. The number of amides is 2. The molecule has 2 bridgehead atoms. The molecule has 1 aliphatic carbocycles. The van der Waals surface area contributed by atoms with Crippen LogP contribution in [0.4, 0.5) is 19.3 Å². The van der Waals surface area contributed by atoms with Gasteiger partial charge in [-0.2, -0.15) is 13.9 Å². The highest BCUT2D eigenvalue weighted by Gasteiger charge is 2.62. The van der Waals surface area contributed by atoms with E-state index in [-0.39, 0.29) is 23.9 Å². The quantitative estimate of drug-likeness (QED) is 0.548. The normalized spacial score (nSPS) is 23.8. The number of aromatic nitrogens is 5. The first kappa shape index (κ1) is 22.7. The Hall–Kier alpha value is -3.12. The molecule has 2 saturated heterocycles. The Balaban J connectivity index is 1.38. The van der Waals surface area contributed by atoms with E-state index in [0.717, 1.165) is 6.42 Å². The zero-order chi connectivity index (χ0) is 24.0. The Kier molecular flexibility index (Phi) is 5.72. The summed E-state index contributed by atoms with van der Waals surface area (Å²) < 4.78 is 36.2. The number of hydrogen-bond acceptors (Lipinski definition) is 7. The fourth-order valence-corrected chi connectivity index (χ4v) is 5.21. The van der Waals surface area contributed by atoms with E-state index >= 15 is 0 Å². The van der Waals surface area contributed by atoms with Crippen LogP contribution in [0.5, 0.6) is 0 Å². The van der Waals surface area contributed by atoms with Crippen LogP contribution in [-0.2, 0) is 23.9 Å². The molecule has 3 aliphatic rings. The van der Waals surface area contributed by atoms with Crippen LogP contribution in [0.1, 0.15) is 38.0 Å². The number of fused-ring (bicyclic) bond motifs is 2. The third kappa shape index (κ3) is 4.00. The molecule has 180 valence electrons. The van der Waals surface area contributed by atoms with Crippen LogP contribution in [0.3, 0.4) is 0 Å². The number of hydrogen-bond donors (Lipinski definition) is 1. The number of alkyl halides is 2. The summed E-state index contributed by atoms with van der Waals surface area (Å²) in [5.74, 6) is 0.941.